The van der Waals surface area contributed by atoms with E-state index in [1.807, 2.05) is 0 Å². The second-order valence-electron chi connectivity index (χ2n) is 0. The van der Waals surface area contributed by atoms with Crippen LogP contribution in [0.4, 0.5) is 4.39 Å². The monoisotopic (exact) mass is 78.0 g/mol. The molecule has 0 N–H and O–H groups in total. The van der Waals surface area contributed by atoms with E-state index in [1.165, 1.54) is 0 Å². The summed E-state index contributed by atoms with van der Waals surface area (Å²) >= 11 is 3.89. The van der Waals surface area contributed by atoms with Gasteiger partial charge in [0.15, 0.2) is 0 Å². The standard InChI is InChI=1S/CCl.CF/c2*1-2. The van der Waals surface area contributed by atoms with Crippen molar-refractivity contribution in [3.63, 3.8) is 0 Å². The first-order valence-electron chi connectivity index (χ1n) is 0.378. The lowest BCUT2D eigenvalue weighted by molar-refractivity contribution is 0.713. The van der Waals surface area contributed by atoms with Crippen LogP contribution in [0.5, 0.6) is 0 Å². The lowest BCUT2D eigenvalue weighted by Gasteiger charge is -1.03. The molecule has 0 aliphatic carbocycles. The third-order valence-electron chi connectivity index (χ3n) is 0. The minimum Gasteiger partial charge on any atom is -0.232 e. The van der Waals surface area contributed by atoms with E-state index in [2.05, 4.69) is 18.8 Å². The fraction of sp³-hybridized carbons (Fsp3) is 0. The van der Waals surface area contributed by atoms with Gasteiger partial charge in [0.1, 0.15) is 6.38 Å². The largest absolute Gasteiger partial charge is 0.232 e. The van der Waals surface area contributed by atoms with Gasteiger partial charge in [-0.15, -0.1) is 11.6 Å². The Morgan fingerprint density at radius 3 is 1.25 bits per heavy atom. The second kappa shape index (κ2) is 328. The first-order valence-corrected chi connectivity index (χ1v) is 0.756. The maximum Gasteiger partial charge on any atom is 0.232 e. The first-order chi connectivity index (χ1) is 2.00. The topological polar surface area (TPSA) is 0 Å². The molecule has 2 heteroatoms. The van der Waals surface area contributed by atoms with Crippen molar-refractivity contribution in [1.82, 2.24) is 0 Å². The summed E-state index contributed by atoms with van der Waals surface area (Å²) in [5.74, 6) is 0. The Bertz CT molecular complexity index is 6.00. The molecule has 0 aromatic heterocycles. The molecule has 0 aromatic rings. The summed E-state index contributed by atoms with van der Waals surface area (Å²) in [5, 5.41) is 0. The molecule has 0 aromatic carbocycles. The minimum absolute atomic E-state index is 3.89. The third kappa shape index (κ3) is 68.3. The second-order valence-corrected chi connectivity index (χ2v) is 0. The molecule has 0 saturated carbocycles. The molecule has 4 heavy (non-hydrogen) atoms. The molecule has 0 spiro atoms. The van der Waals surface area contributed by atoms with Crippen LogP contribution >= 0.6 is 11.6 Å². The molecule has 0 unspecified atom stereocenters. The van der Waals surface area contributed by atoms with Crippen LogP contribution in [-0.2, 0) is 0 Å². The average Bonchev–Trinajstić information content (AvgIpc) is 1.50. The SMILES string of the molecule is [C]Cl.[C]F. The van der Waals surface area contributed by atoms with Gasteiger partial charge in [0.2, 0.25) is 7.18 Å². The van der Waals surface area contributed by atoms with Crippen LogP contribution in [0.25, 0.3) is 0 Å². The van der Waals surface area contributed by atoms with E-state index in [4.69, 9.17) is 10.8 Å². The summed E-state index contributed by atoms with van der Waals surface area (Å²) in [6, 6.07) is 0. The van der Waals surface area contributed by atoms with Crippen molar-refractivity contribution in [1.29, 1.82) is 0 Å². The highest BCUT2D eigenvalue weighted by atomic mass is 35.5. The smallest absolute Gasteiger partial charge is 0.232 e. The highest BCUT2D eigenvalue weighted by molar-refractivity contribution is 6.19. The summed E-state index contributed by atoms with van der Waals surface area (Å²) in [6.07, 6.45) is 5.22. The van der Waals surface area contributed by atoms with Crippen molar-refractivity contribution in [2.45, 2.75) is 0 Å². The normalized spacial score (nSPS) is 3.00. The quantitative estimate of drug-likeness (QED) is 0.409. The maximum atomic E-state index is 8.75. The summed E-state index contributed by atoms with van der Waals surface area (Å²) in [5.41, 5.74) is 0. The molecule has 0 heterocycles. The molecular formula is C2ClF. The Morgan fingerprint density at radius 1 is 1.25 bits per heavy atom. The van der Waals surface area contributed by atoms with Crippen LogP contribution < -0.4 is 0 Å². The fourth-order valence-electron chi connectivity index (χ4n) is 0. The highest BCUT2D eigenvalue weighted by Crippen LogP contribution is 1.43. The van der Waals surface area contributed by atoms with Gasteiger partial charge < -0.3 is 0 Å². The van der Waals surface area contributed by atoms with Gasteiger partial charge in [-0.2, -0.15) is 0 Å². The summed E-state index contributed by atoms with van der Waals surface area (Å²) < 4.78 is 8.75. The van der Waals surface area contributed by atoms with Crippen LogP contribution in [0.3, 0.4) is 0 Å². The molecule has 0 fully saturated rings. The van der Waals surface area contributed by atoms with Crippen LogP contribution in [0.2, 0.25) is 0 Å². The Kier molecular flexibility index (Phi) is 728. The van der Waals surface area contributed by atoms with E-state index in [-0.39, 0.29) is 0 Å². The van der Waals surface area contributed by atoms with Gasteiger partial charge in [0.25, 0.3) is 0 Å². The number of hydrogen-bond donors (Lipinski definition) is 0. The van der Waals surface area contributed by atoms with Gasteiger partial charge >= 0.3 is 0 Å². The van der Waals surface area contributed by atoms with Crippen molar-refractivity contribution in [2.24, 2.45) is 0 Å². The molecule has 0 aliphatic rings. The van der Waals surface area contributed by atoms with Crippen molar-refractivity contribution < 1.29 is 4.39 Å². The molecular weight excluding hydrogens is 78.5 g/mol. The predicted molar refractivity (Wildman–Crippen MR) is 13.4 cm³/mol. The lowest BCUT2D eigenvalue weighted by atomic mass is 11.9. The summed E-state index contributed by atoms with van der Waals surface area (Å²) in [7, 11) is 4.25. The Hall–Kier alpha value is 0.220. The molecule has 6 radical (unpaired) electrons. The van der Waals surface area contributed by atoms with Gasteiger partial charge in [-0.05, 0) is 0 Å². The zero-order valence-electron chi connectivity index (χ0n) is 1.76. The van der Waals surface area contributed by atoms with Crippen molar-refractivity contribution in [3.8, 4) is 0 Å². The van der Waals surface area contributed by atoms with Crippen molar-refractivity contribution in [2.75, 3.05) is 0 Å². The highest BCUT2D eigenvalue weighted by Gasteiger charge is 1.03. The van der Waals surface area contributed by atoms with Crippen LogP contribution in [0.15, 0.2) is 0 Å². The van der Waals surface area contributed by atoms with E-state index in [0.29, 0.717) is 0 Å². The molecule has 0 amide bonds. The molecule has 0 saturated heterocycles. The van der Waals surface area contributed by atoms with Gasteiger partial charge in [0.05, 0.1) is 0 Å². The van der Waals surface area contributed by atoms with Gasteiger partial charge in [0, 0.05) is 0 Å². The van der Waals surface area contributed by atoms with Crippen LogP contribution in [-0.4, -0.2) is 0 Å². The van der Waals surface area contributed by atoms with Gasteiger partial charge in [-0.25, -0.2) is 4.39 Å². The molecule has 0 rings (SSSR count). The van der Waals surface area contributed by atoms with E-state index < -0.39 is 0 Å². The number of hydrogen-bond acceptors (Lipinski definition) is 0. The van der Waals surface area contributed by atoms with Crippen molar-refractivity contribution >= 4 is 11.6 Å². The van der Waals surface area contributed by atoms with Crippen molar-refractivity contribution in [3.05, 3.63) is 13.6 Å². The van der Waals surface area contributed by atoms with Gasteiger partial charge in [-0.1, -0.05) is 0 Å². The molecule has 0 aliphatic heterocycles. The van der Waals surface area contributed by atoms with E-state index in [0.717, 1.165) is 0 Å². The summed E-state index contributed by atoms with van der Waals surface area (Å²) in [6.45, 7) is 0. The maximum absolute atomic E-state index is 8.75. The lowest BCUT2D eigenvalue weighted by Crippen LogP contribution is -0.764. The Morgan fingerprint density at radius 2 is 1.25 bits per heavy atom. The zero-order valence-corrected chi connectivity index (χ0v) is 2.51. The van der Waals surface area contributed by atoms with E-state index in [9.17, 15) is 0 Å². The number of halogens is 2. The molecule has 0 atom stereocenters. The number of rotatable bonds is 0. The molecule has 0 nitrogen and oxygen atoms in total. The van der Waals surface area contributed by atoms with Crippen LogP contribution in [0, 0.1) is 13.6 Å². The van der Waals surface area contributed by atoms with E-state index >= 15 is 0 Å². The predicted octanol–water partition coefficient (Wildman–Crippen LogP) is 1.27. The minimum atomic E-state index is 3.89. The summed E-state index contributed by atoms with van der Waals surface area (Å²) in [4.78, 5) is 0. The molecule has 0 bridgehead atoms. The fourth-order valence-corrected chi connectivity index (χ4v) is 0. The Labute approximate surface area is 30.6 Å². The first kappa shape index (κ1) is 8.88. The molecule has 22 valence electrons. The van der Waals surface area contributed by atoms with Gasteiger partial charge in [-0.3, -0.25) is 0 Å². The Balaban J connectivity index is 0. The van der Waals surface area contributed by atoms with Crippen LogP contribution in [0.1, 0.15) is 0 Å². The zero-order chi connectivity index (χ0) is 4.00. The average molecular weight is 78.5 g/mol. The van der Waals surface area contributed by atoms with E-state index in [1.54, 1.807) is 0 Å². The third-order valence-corrected chi connectivity index (χ3v) is 0.